The van der Waals surface area contributed by atoms with Gasteiger partial charge in [0.25, 0.3) is 0 Å². The molecule has 2 aromatic carbocycles. The monoisotopic (exact) mass is 378 g/mol. The van der Waals surface area contributed by atoms with Crippen LogP contribution in [0.4, 0.5) is 0 Å². The van der Waals surface area contributed by atoms with E-state index in [1.165, 1.54) is 0 Å². The Labute approximate surface area is 157 Å². The number of halogens is 2. The predicted molar refractivity (Wildman–Crippen MR) is 102 cm³/mol. The highest BCUT2D eigenvalue weighted by atomic mass is 35.5. The number of likely N-dealkylation sites (N-methyl/N-ethyl adjacent to an activating group) is 1. The molecule has 0 bridgehead atoms. The van der Waals surface area contributed by atoms with E-state index in [0.29, 0.717) is 16.7 Å². The summed E-state index contributed by atoms with van der Waals surface area (Å²) >= 11 is 12.1. The Kier molecular flexibility index (Phi) is 6.19. The largest absolute Gasteiger partial charge is 0.488 e. The molecular formula is C19H20Cl2N2O2. The van der Waals surface area contributed by atoms with E-state index in [2.05, 4.69) is 17.1 Å². The minimum absolute atomic E-state index is 0.155. The molecule has 25 heavy (non-hydrogen) atoms. The highest BCUT2D eigenvalue weighted by Crippen LogP contribution is 2.24. The van der Waals surface area contributed by atoms with Crippen LogP contribution >= 0.6 is 23.2 Å². The molecule has 1 saturated heterocycles. The minimum atomic E-state index is 0.155. The zero-order chi connectivity index (χ0) is 17.6. The molecule has 0 aromatic heterocycles. The molecule has 1 aliphatic heterocycles. The Morgan fingerprint density at radius 3 is 2.84 bits per heavy atom. The van der Waals surface area contributed by atoms with E-state index in [1.54, 1.807) is 18.3 Å². The summed E-state index contributed by atoms with van der Waals surface area (Å²) in [5.74, 6) is 0.726. The molecule has 0 unspecified atom stereocenters. The van der Waals surface area contributed by atoms with Gasteiger partial charge in [0.1, 0.15) is 18.5 Å². The van der Waals surface area contributed by atoms with Crippen LogP contribution in [0.15, 0.2) is 47.6 Å². The summed E-state index contributed by atoms with van der Waals surface area (Å²) in [7, 11) is 2.08. The van der Waals surface area contributed by atoms with Gasteiger partial charge >= 0.3 is 0 Å². The van der Waals surface area contributed by atoms with E-state index in [-0.39, 0.29) is 6.10 Å². The van der Waals surface area contributed by atoms with E-state index in [4.69, 9.17) is 32.8 Å². The molecule has 0 saturated carbocycles. The van der Waals surface area contributed by atoms with E-state index >= 15 is 0 Å². The van der Waals surface area contributed by atoms with E-state index < -0.39 is 0 Å². The van der Waals surface area contributed by atoms with Crippen LogP contribution in [-0.4, -0.2) is 37.4 Å². The number of oxime groups is 1. The molecule has 2 aromatic rings. The molecule has 4 nitrogen and oxygen atoms in total. The van der Waals surface area contributed by atoms with Crippen molar-refractivity contribution in [1.82, 2.24) is 4.90 Å². The van der Waals surface area contributed by atoms with Crippen molar-refractivity contribution in [3.63, 3.8) is 0 Å². The quantitative estimate of drug-likeness (QED) is 0.542. The maximum Gasteiger partial charge on any atom is 0.141 e. The Hall–Kier alpha value is -1.75. The molecule has 0 aliphatic carbocycles. The molecule has 1 heterocycles. The molecule has 1 atom stereocenters. The highest BCUT2D eigenvalue weighted by molar-refractivity contribution is 6.35. The van der Waals surface area contributed by atoms with Crippen LogP contribution in [0.3, 0.4) is 0 Å². The molecule has 6 heteroatoms. The molecule has 0 N–H and O–H groups in total. The lowest BCUT2D eigenvalue weighted by Crippen LogP contribution is -2.17. The number of likely N-dealkylation sites (tertiary alicyclic amines) is 1. The second kappa shape index (κ2) is 8.56. The van der Waals surface area contributed by atoms with Crippen molar-refractivity contribution < 1.29 is 9.57 Å². The average Bonchev–Trinajstić information content (AvgIpc) is 3.00. The van der Waals surface area contributed by atoms with Crippen molar-refractivity contribution in [2.24, 2.45) is 5.16 Å². The molecule has 0 spiro atoms. The van der Waals surface area contributed by atoms with Crippen LogP contribution in [0.1, 0.15) is 17.5 Å². The molecule has 1 aliphatic rings. The van der Waals surface area contributed by atoms with Crippen LogP contribution < -0.4 is 4.74 Å². The molecular weight excluding hydrogens is 359 g/mol. The minimum Gasteiger partial charge on any atom is -0.488 e. The Bertz CT molecular complexity index is 752. The first-order chi connectivity index (χ1) is 12.1. The van der Waals surface area contributed by atoms with Gasteiger partial charge in [-0.25, -0.2) is 0 Å². The second-order valence-corrected chi connectivity index (χ2v) is 6.92. The van der Waals surface area contributed by atoms with Gasteiger partial charge < -0.3 is 14.5 Å². The summed E-state index contributed by atoms with van der Waals surface area (Å²) in [6.07, 6.45) is 2.85. The summed E-state index contributed by atoms with van der Waals surface area (Å²) in [4.78, 5) is 7.79. The highest BCUT2D eigenvalue weighted by Gasteiger charge is 2.20. The Balaban J connectivity index is 1.62. The van der Waals surface area contributed by atoms with Crippen LogP contribution in [0.25, 0.3) is 0 Å². The number of benzene rings is 2. The van der Waals surface area contributed by atoms with Crippen LogP contribution in [-0.2, 0) is 11.4 Å². The van der Waals surface area contributed by atoms with Gasteiger partial charge in [-0.2, -0.15) is 0 Å². The maximum absolute atomic E-state index is 6.19. The lowest BCUT2D eigenvalue weighted by atomic mass is 10.2. The second-order valence-electron chi connectivity index (χ2n) is 6.08. The van der Waals surface area contributed by atoms with Crippen LogP contribution in [0, 0.1) is 0 Å². The van der Waals surface area contributed by atoms with Gasteiger partial charge in [-0.1, -0.05) is 46.6 Å². The molecule has 132 valence electrons. The summed E-state index contributed by atoms with van der Waals surface area (Å²) in [6.45, 7) is 2.31. The number of rotatable bonds is 6. The van der Waals surface area contributed by atoms with Crippen molar-refractivity contribution in [2.45, 2.75) is 19.1 Å². The van der Waals surface area contributed by atoms with Gasteiger partial charge in [0.15, 0.2) is 0 Å². The first-order valence-electron chi connectivity index (χ1n) is 8.15. The number of para-hydroxylation sites is 1. The predicted octanol–water partition coefficient (Wildman–Crippen LogP) is 4.63. The number of hydrogen-bond donors (Lipinski definition) is 0. The first-order valence-corrected chi connectivity index (χ1v) is 8.91. The van der Waals surface area contributed by atoms with E-state index in [0.717, 1.165) is 36.4 Å². The van der Waals surface area contributed by atoms with Gasteiger partial charge in [-0.05, 0) is 31.3 Å². The van der Waals surface area contributed by atoms with Gasteiger partial charge in [-0.3, -0.25) is 0 Å². The van der Waals surface area contributed by atoms with Crippen molar-refractivity contribution in [3.8, 4) is 5.75 Å². The van der Waals surface area contributed by atoms with Crippen molar-refractivity contribution in [2.75, 3.05) is 20.1 Å². The fourth-order valence-corrected chi connectivity index (χ4v) is 3.13. The van der Waals surface area contributed by atoms with E-state index in [1.807, 2.05) is 30.3 Å². The third-order valence-electron chi connectivity index (χ3n) is 4.07. The Morgan fingerprint density at radius 2 is 2.08 bits per heavy atom. The van der Waals surface area contributed by atoms with Crippen molar-refractivity contribution in [3.05, 3.63) is 63.6 Å². The van der Waals surface area contributed by atoms with E-state index in [9.17, 15) is 0 Å². The SMILES string of the molecule is CN1CC[C@H](O/N=C/c2ccccc2OCc2ccc(Cl)cc2Cl)C1. The third kappa shape index (κ3) is 5.11. The smallest absolute Gasteiger partial charge is 0.141 e. The lowest BCUT2D eigenvalue weighted by Gasteiger charge is -2.11. The van der Waals surface area contributed by atoms with Crippen LogP contribution in [0.2, 0.25) is 10.0 Å². The fourth-order valence-electron chi connectivity index (χ4n) is 2.67. The molecule has 1 fully saturated rings. The normalized spacial score (nSPS) is 18.0. The van der Waals surface area contributed by atoms with Gasteiger partial charge in [-0.15, -0.1) is 0 Å². The standard InChI is InChI=1S/C19H20Cl2N2O2/c1-23-9-8-17(12-23)25-22-11-14-4-2-3-5-19(14)24-13-15-6-7-16(20)10-18(15)21/h2-7,10-11,17H,8-9,12-13H2,1H3/b22-11+/t17-/m0/s1. The van der Waals surface area contributed by atoms with Crippen molar-refractivity contribution >= 4 is 29.4 Å². The first kappa shape index (κ1) is 18.1. The summed E-state index contributed by atoms with van der Waals surface area (Å²) in [6, 6.07) is 13.1. The van der Waals surface area contributed by atoms with Crippen molar-refractivity contribution in [1.29, 1.82) is 0 Å². The summed E-state index contributed by atoms with van der Waals surface area (Å²) in [5, 5.41) is 5.33. The lowest BCUT2D eigenvalue weighted by molar-refractivity contribution is 0.0682. The zero-order valence-electron chi connectivity index (χ0n) is 14.0. The fraction of sp³-hybridized carbons (Fsp3) is 0.316. The Morgan fingerprint density at radius 1 is 1.24 bits per heavy atom. The summed E-state index contributed by atoms with van der Waals surface area (Å²) in [5.41, 5.74) is 1.74. The number of hydrogen-bond acceptors (Lipinski definition) is 4. The molecule has 0 radical (unpaired) electrons. The van der Waals surface area contributed by atoms with Gasteiger partial charge in [0, 0.05) is 40.7 Å². The summed E-state index contributed by atoms with van der Waals surface area (Å²) < 4.78 is 5.90. The molecule has 3 rings (SSSR count). The van der Waals surface area contributed by atoms with Crippen LogP contribution in [0.5, 0.6) is 5.75 Å². The maximum atomic E-state index is 6.19. The number of ether oxygens (including phenoxy) is 1. The molecule has 0 amide bonds. The third-order valence-corrected chi connectivity index (χ3v) is 4.65. The topological polar surface area (TPSA) is 34.1 Å². The van der Waals surface area contributed by atoms with Gasteiger partial charge in [0.2, 0.25) is 0 Å². The average molecular weight is 379 g/mol. The zero-order valence-corrected chi connectivity index (χ0v) is 15.5. The number of nitrogens with zero attached hydrogens (tertiary/aromatic N) is 2. The van der Waals surface area contributed by atoms with Gasteiger partial charge in [0.05, 0.1) is 6.21 Å².